The second kappa shape index (κ2) is 7.03. The van der Waals surface area contributed by atoms with Gasteiger partial charge in [-0.15, -0.1) is 0 Å². The molecular formula is C15H18N6O3S. The highest BCUT2D eigenvalue weighted by Crippen LogP contribution is 2.29. The van der Waals surface area contributed by atoms with E-state index in [9.17, 15) is 8.42 Å². The lowest BCUT2D eigenvalue weighted by molar-refractivity contribution is 0.569. The first-order chi connectivity index (χ1) is 12.0. The van der Waals surface area contributed by atoms with E-state index in [0.717, 1.165) is 6.26 Å². The Labute approximate surface area is 145 Å². The molecule has 9 nitrogen and oxygen atoms in total. The molecule has 0 bridgehead atoms. The minimum atomic E-state index is -3.22. The summed E-state index contributed by atoms with van der Waals surface area (Å²) in [6.07, 6.45) is 7.72. The number of rotatable bonds is 7. The minimum Gasteiger partial charge on any atom is -0.451 e. The number of sulfonamides is 1. The number of anilines is 1. The SMILES string of the molecule is CNc1nccnc1-c1ccc(-c2nccn2CCNS(C)(=O)=O)o1. The van der Waals surface area contributed by atoms with Crippen molar-refractivity contribution in [3.8, 4) is 23.0 Å². The van der Waals surface area contributed by atoms with Gasteiger partial charge in [-0.1, -0.05) is 0 Å². The molecule has 3 aromatic rings. The molecule has 0 spiro atoms. The number of imidazole rings is 1. The predicted molar refractivity (Wildman–Crippen MR) is 93.3 cm³/mol. The Kier molecular flexibility index (Phi) is 4.81. The van der Waals surface area contributed by atoms with Crippen molar-refractivity contribution in [2.24, 2.45) is 0 Å². The molecule has 0 radical (unpaired) electrons. The summed E-state index contributed by atoms with van der Waals surface area (Å²) in [5, 5.41) is 2.97. The van der Waals surface area contributed by atoms with E-state index in [2.05, 4.69) is 25.0 Å². The molecule has 3 aromatic heterocycles. The van der Waals surface area contributed by atoms with Gasteiger partial charge >= 0.3 is 0 Å². The Morgan fingerprint density at radius 2 is 1.88 bits per heavy atom. The van der Waals surface area contributed by atoms with Crippen molar-refractivity contribution in [3.63, 3.8) is 0 Å². The molecule has 0 aliphatic heterocycles. The van der Waals surface area contributed by atoms with E-state index in [-0.39, 0.29) is 6.54 Å². The maximum atomic E-state index is 11.2. The quantitative estimate of drug-likeness (QED) is 0.649. The van der Waals surface area contributed by atoms with E-state index in [0.29, 0.717) is 35.4 Å². The first kappa shape index (κ1) is 17.1. The van der Waals surface area contributed by atoms with Crippen LogP contribution in [-0.4, -0.2) is 47.8 Å². The van der Waals surface area contributed by atoms with Gasteiger partial charge < -0.3 is 14.3 Å². The third-order valence-electron chi connectivity index (χ3n) is 3.43. The smallest absolute Gasteiger partial charge is 0.208 e. The second-order valence-electron chi connectivity index (χ2n) is 5.28. The van der Waals surface area contributed by atoms with Crippen molar-refractivity contribution in [2.45, 2.75) is 6.54 Å². The van der Waals surface area contributed by atoms with Gasteiger partial charge in [0.1, 0.15) is 5.69 Å². The van der Waals surface area contributed by atoms with Crippen LogP contribution in [0, 0.1) is 0 Å². The monoisotopic (exact) mass is 362 g/mol. The van der Waals surface area contributed by atoms with Crippen LogP contribution in [0.15, 0.2) is 41.3 Å². The summed E-state index contributed by atoms with van der Waals surface area (Å²) in [4.78, 5) is 12.8. The van der Waals surface area contributed by atoms with Crippen LogP contribution < -0.4 is 10.0 Å². The fourth-order valence-electron chi connectivity index (χ4n) is 2.35. The van der Waals surface area contributed by atoms with Crippen LogP contribution in [0.2, 0.25) is 0 Å². The van der Waals surface area contributed by atoms with Gasteiger partial charge in [0.05, 0.1) is 6.26 Å². The van der Waals surface area contributed by atoms with Crippen LogP contribution in [-0.2, 0) is 16.6 Å². The third-order valence-corrected chi connectivity index (χ3v) is 4.16. The Hall–Kier alpha value is -2.72. The van der Waals surface area contributed by atoms with Crippen LogP contribution in [0.25, 0.3) is 23.0 Å². The Morgan fingerprint density at radius 3 is 2.64 bits per heavy atom. The van der Waals surface area contributed by atoms with Gasteiger partial charge in [-0.2, -0.15) is 0 Å². The Balaban J connectivity index is 1.83. The molecule has 0 amide bonds. The summed E-state index contributed by atoms with van der Waals surface area (Å²) in [5.41, 5.74) is 0.605. The fraction of sp³-hybridized carbons (Fsp3) is 0.267. The van der Waals surface area contributed by atoms with Crippen molar-refractivity contribution in [3.05, 3.63) is 36.9 Å². The number of aromatic nitrogens is 4. The van der Waals surface area contributed by atoms with Gasteiger partial charge in [-0.25, -0.2) is 28.1 Å². The van der Waals surface area contributed by atoms with E-state index in [1.54, 1.807) is 44.0 Å². The molecule has 2 N–H and O–H groups in total. The van der Waals surface area contributed by atoms with E-state index >= 15 is 0 Å². The van der Waals surface area contributed by atoms with E-state index in [4.69, 9.17) is 4.42 Å². The van der Waals surface area contributed by atoms with Gasteiger partial charge in [0.25, 0.3) is 0 Å². The maximum Gasteiger partial charge on any atom is 0.208 e. The lowest BCUT2D eigenvalue weighted by Gasteiger charge is -2.07. The average Bonchev–Trinajstić information content (AvgIpc) is 3.22. The zero-order valence-corrected chi connectivity index (χ0v) is 14.6. The minimum absolute atomic E-state index is 0.268. The van der Waals surface area contributed by atoms with Gasteiger partial charge in [0.2, 0.25) is 10.0 Å². The van der Waals surface area contributed by atoms with Gasteiger partial charge in [-0.3, -0.25) is 0 Å². The van der Waals surface area contributed by atoms with Crippen molar-refractivity contribution < 1.29 is 12.8 Å². The maximum absolute atomic E-state index is 11.2. The molecule has 3 rings (SSSR count). The fourth-order valence-corrected chi connectivity index (χ4v) is 2.81. The largest absolute Gasteiger partial charge is 0.451 e. The van der Waals surface area contributed by atoms with Crippen molar-refractivity contribution >= 4 is 15.8 Å². The molecule has 25 heavy (non-hydrogen) atoms. The van der Waals surface area contributed by atoms with Crippen LogP contribution in [0.4, 0.5) is 5.82 Å². The molecule has 0 saturated heterocycles. The van der Waals surface area contributed by atoms with Crippen LogP contribution in [0.3, 0.4) is 0 Å². The number of furan rings is 1. The average molecular weight is 362 g/mol. The number of hydrogen-bond donors (Lipinski definition) is 2. The lowest BCUT2D eigenvalue weighted by Crippen LogP contribution is -2.26. The highest BCUT2D eigenvalue weighted by atomic mass is 32.2. The van der Waals surface area contributed by atoms with Crippen molar-refractivity contribution in [1.82, 2.24) is 24.2 Å². The zero-order valence-electron chi connectivity index (χ0n) is 13.8. The zero-order chi connectivity index (χ0) is 17.9. The molecular weight excluding hydrogens is 344 g/mol. The normalized spacial score (nSPS) is 11.6. The summed E-state index contributed by atoms with van der Waals surface area (Å²) in [6, 6.07) is 3.60. The number of hydrogen-bond acceptors (Lipinski definition) is 7. The molecule has 0 unspecified atom stereocenters. The lowest BCUT2D eigenvalue weighted by atomic mass is 10.3. The second-order valence-corrected chi connectivity index (χ2v) is 7.11. The first-order valence-corrected chi connectivity index (χ1v) is 9.42. The van der Waals surface area contributed by atoms with Crippen LogP contribution in [0.1, 0.15) is 0 Å². The Bertz CT molecular complexity index is 963. The summed E-state index contributed by atoms with van der Waals surface area (Å²) >= 11 is 0. The molecule has 3 heterocycles. The van der Waals surface area contributed by atoms with E-state index in [1.807, 2.05) is 4.57 Å². The van der Waals surface area contributed by atoms with Crippen molar-refractivity contribution in [1.29, 1.82) is 0 Å². The molecule has 0 fully saturated rings. The van der Waals surface area contributed by atoms with Crippen molar-refractivity contribution in [2.75, 3.05) is 25.2 Å². The molecule has 132 valence electrons. The third kappa shape index (κ3) is 4.03. The van der Waals surface area contributed by atoms with E-state index < -0.39 is 10.0 Å². The van der Waals surface area contributed by atoms with Gasteiger partial charge in [0.15, 0.2) is 23.2 Å². The molecule has 0 aliphatic carbocycles. The topological polar surface area (TPSA) is 115 Å². The van der Waals surface area contributed by atoms with Crippen LogP contribution >= 0.6 is 0 Å². The first-order valence-electron chi connectivity index (χ1n) is 7.53. The standard InChI is InChI=1S/C15H18N6O3S/c1-16-14-13(17-5-6-18-14)11-3-4-12(24-11)15-19-7-9-21(15)10-8-20-25(2,22)23/h3-7,9,20H,8,10H2,1-2H3,(H,16,18). The molecule has 0 saturated carbocycles. The van der Waals surface area contributed by atoms with E-state index in [1.165, 1.54) is 0 Å². The molecule has 0 aromatic carbocycles. The summed E-state index contributed by atoms with van der Waals surface area (Å²) in [7, 11) is -1.46. The highest BCUT2D eigenvalue weighted by Gasteiger charge is 2.15. The number of nitrogens with zero attached hydrogens (tertiary/aromatic N) is 4. The summed E-state index contributed by atoms with van der Waals surface area (Å²) in [6.45, 7) is 0.704. The molecule has 0 aliphatic rings. The molecule has 10 heteroatoms. The van der Waals surface area contributed by atoms with Crippen LogP contribution in [0.5, 0.6) is 0 Å². The summed E-state index contributed by atoms with van der Waals surface area (Å²) in [5.74, 6) is 2.35. The highest BCUT2D eigenvalue weighted by molar-refractivity contribution is 7.88. The number of nitrogens with one attached hydrogen (secondary N) is 2. The Morgan fingerprint density at radius 1 is 1.12 bits per heavy atom. The summed E-state index contributed by atoms with van der Waals surface area (Å²) < 4.78 is 32.5. The van der Waals surface area contributed by atoms with Gasteiger partial charge in [-0.05, 0) is 12.1 Å². The molecule has 0 atom stereocenters. The predicted octanol–water partition coefficient (Wildman–Crippen LogP) is 1.19. The van der Waals surface area contributed by atoms with Gasteiger partial charge in [0, 0.05) is 44.9 Å².